The van der Waals surface area contributed by atoms with E-state index < -0.39 is 24.2 Å². The van der Waals surface area contributed by atoms with E-state index in [1.54, 1.807) is 21.9 Å². The Morgan fingerprint density at radius 1 is 0.737 bits per heavy atom. The van der Waals surface area contributed by atoms with Crippen molar-refractivity contribution >= 4 is 23.6 Å². The van der Waals surface area contributed by atoms with E-state index >= 15 is 0 Å². The van der Waals surface area contributed by atoms with Gasteiger partial charge in [0.1, 0.15) is 23.9 Å². The smallest absolute Gasteiger partial charge is 0.246 e. The van der Waals surface area contributed by atoms with Gasteiger partial charge in [-0.3, -0.25) is 19.2 Å². The Labute approximate surface area is 221 Å². The number of rotatable bonds is 4. The molecule has 3 saturated heterocycles. The van der Waals surface area contributed by atoms with Gasteiger partial charge in [-0.15, -0.1) is 0 Å². The first-order chi connectivity index (χ1) is 18.4. The van der Waals surface area contributed by atoms with Crippen LogP contribution in [0.15, 0.2) is 54.6 Å². The summed E-state index contributed by atoms with van der Waals surface area (Å²) < 4.78 is 13.5. The first-order valence-corrected chi connectivity index (χ1v) is 13.4. The number of carbonyl (C=O) groups excluding carboxylic acids is 4. The molecule has 0 spiro atoms. The van der Waals surface area contributed by atoms with Gasteiger partial charge in [0.15, 0.2) is 0 Å². The molecule has 0 radical (unpaired) electrons. The standard InChI is InChI=1S/C29H33FN4O4/c30-21-12-10-20(11-13-21)17-23-28(37)34-15-5-9-25(34)29(38)33-14-4-8-24(33)27(36)31-22(18-26(35)32-23)16-19-6-2-1-3-7-19/h1-3,6-7,10-13,22-25H,4-5,8-9,14-18H2,(H,31,36)(H,32,35). The predicted molar refractivity (Wildman–Crippen MR) is 138 cm³/mol. The number of amides is 4. The number of halogens is 1. The van der Waals surface area contributed by atoms with E-state index in [-0.39, 0.29) is 42.3 Å². The van der Waals surface area contributed by atoms with E-state index in [2.05, 4.69) is 10.6 Å². The van der Waals surface area contributed by atoms with Crippen molar-refractivity contribution in [3.8, 4) is 0 Å². The second kappa shape index (κ2) is 11.3. The highest BCUT2D eigenvalue weighted by Gasteiger charge is 2.44. The number of hydrogen-bond acceptors (Lipinski definition) is 4. The molecule has 2 aromatic carbocycles. The van der Waals surface area contributed by atoms with Gasteiger partial charge in [-0.25, -0.2) is 4.39 Å². The van der Waals surface area contributed by atoms with Crippen molar-refractivity contribution in [1.29, 1.82) is 0 Å². The van der Waals surface area contributed by atoms with Crippen molar-refractivity contribution < 1.29 is 23.6 Å². The van der Waals surface area contributed by atoms with E-state index in [9.17, 15) is 23.6 Å². The normalized spacial score (nSPS) is 26.6. The highest BCUT2D eigenvalue weighted by Crippen LogP contribution is 2.26. The zero-order valence-electron chi connectivity index (χ0n) is 21.3. The van der Waals surface area contributed by atoms with Crippen LogP contribution in [0.1, 0.15) is 43.2 Å². The lowest BCUT2D eigenvalue weighted by Crippen LogP contribution is -2.56. The van der Waals surface area contributed by atoms with E-state index in [1.165, 1.54) is 12.1 Å². The molecule has 4 atom stereocenters. The Balaban J connectivity index is 1.46. The Morgan fingerprint density at radius 3 is 2.08 bits per heavy atom. The lowest BCUT2D eigenvalue weighted by Gasteiger charge is -2.32. The minimum atomic E-state index is -0.912. The third kappa shape index (κ3) is 5.71. The van der Waals surface area contributed by atoms with Gasteiger partial charge in [-0.2, -0.15) is 0 Å². The Hall–Kier alpha value is -3.75. The topological polar surface area (TPSA) is 98.8 Å². The molecule has 5 rings (SSSR count). The van der Waals surface area contributed by atoms with Gasteiger partial charge in [0, 0.05) is 32.0 Å². The van der Waals surface area contributed by atoms with Gasteiger partial charge < -0.3 is 20.4 Å². The first-order valence-electron chi connectivity index (χ1n) is 13.4. The molecule has 4 amide bonds. The summed E-state index contributed by atoms with van der Waals surface area (Å²) in [6.45, 7) is 0.876. The van der Waals surface area contributed by atoms with Crippen molar-refractivity contribution in [3.63, 3.8) is 0 Å². The molecule has 3 heterocycles. The largest absolute Gasteiger partial charge is 0.351 e. The molecule has 2 N–H and O–H groups in total. The van der Waals surface area contributed by atoms with E-state index in [0.29, 0.717) is 50.8 Å². The van der Waals surface area contributed by atoms with Gasteiger partial charge in [0.05, 0.1) is 0 Å². The Morgan fingerprint density at radius 2 is 1.37 bits per heavy atom. The van der Waals surface area contributed by atoms with Crippen LogP contribution in [0.3, 0.4) is 0 Å². The molecule has 0 bridgehead atoms. The molecule has 200 valence electrons. The molecule has 4 unspecified atom stereocenters. The quantitative estimate of drug-likeness (QED) is 0.644. The number of hydrogen-bond donors (Lipinski definition) is 2. The summed E-state index contributed by atoms with van der Waals surface area (Å²) in [4.78, 5) is 57.3. The molecule has 9 heteroatoms. The summed E-state index contributed by atoms with van der Waals surface area (Å²) in [5, 5.41) is 5.91. The molecule has 38 heavy (non-hydrogen) atoms. The first kappa shape index (κ1) is 25.9. The Bertz CT molecular complexity index is 1190. The van der Waals surface area contributed by atoms with Crippen molar-refractivity contribution in [2.24, 2.45) is 0 Å². The number of nitrogens with one attached hydrogen (secondary N) is 2. The van der Waals surface area contributed by atoms with E-state index in [4.69, 9.17) is 0 Å². The summed E-state index contributed by atoms with van der Waals surface area (Å²) in [6.07, 6.45) is 3.04. The summed E-state index contributed by atoms with van der Waals surface area (Å²) in [6, 6.07) is 12.7. The molecule has 3 aliphatic rings. The van der Waals surface area contributed by atoms with Crippen molar-refractivity contribution in [3.05, 3.63) is 71.5 Å². The maximum atomic E-state index is 13.8. The van der Waals surface area contributed by atoms with Gasteiger partial charge in [0.2, 0.25) is 23.6 Å². The summed E-state index contributed by atoms with van der Waals surface area (Å²) in [5.41, 5.74) is 1.67. The molecule has 3 fully saturated rings. The van der Waals surface area contributed by atoms with Crippen LogP contribution < -0.4 is 10.6 Å². The average Bonchev–Trinajstić information content (AvgIpc) is 3.59. The summed E-state index contributed by atoms with van der Waals surface area (Å²) in [5.74, 6) is -1.55. The van der Waals surface area contributed by atoms with Crippen LogP contribution in [-0.4, -0.2) is 70.7 Å². The summed E-state index contributed by atoms with van der Waals surface area (Å²) >= 11 is 0. The van der Waals surface area contributed by atoms with Gasteiger partial charge in [-0.1, -0.05) is 42.5 Å². The van der Waals surface area contributed by atoms with Crippen molar-refractivity contribution in [2.75, 3.05) is 13.1 Å². The minimum Gasteiger partial charge on any atom is -0.351 e. The maximum Gasteiger partial charge on any atom is 0.246 e. The number of benzene rings is 2. The monoisotopic (exact) mass is 520 g/mol. The average molecular weight is 521 g/mol. The van der Waals surface area contributed by atoms with Crippen LogP contribution in [0.2, 0.25) is 0 Å². The van der Waals surface area contributed by atoms with E-state index in [0.717, 1.165) is 5.56 Å². The molecule has 0 aromatic heterocycles. The minimum absolute atomic E-state index is 0.0159. The van der Waals surface area contributed by atoms with Crippen molar-refractivity contribution in [2.45, 2.75) is 69.1 Å². The highest BCUT2D eigenvalue weighted by molar-refractivity contribution is 5.95. The highest BCUT2D eigenvalue weighted by atomic mass is 19.1. The molecule has 2 aromatic rings. The second-order valence-electron chi connectivity index (χ2n) is 10.4. The van der Waals surface area contributed by atoms with Crippen molar-refractivity contribution in [1.82, 2.24) is 20.4 Å². The van der Waals surface area contributed by atoms with Crippen LogP contribution >= 0.6 is 0 Å². The van der Waals surface area contributed by atoms with Gasteiger partial charge in [-0.05, 0) is 55.4 Å². The molecule has 0 aliphatic carbocycles. The third-order valence-electron chi connectivity index (χ3n) is 7.75. The number of fused-ring (bicyclic) bond motifs is 2. The van der Waals surface area contributed by atoms with Crippen LogP contribution in [0.25, 0.3) is 0 Å². The van der Waals surface area contributed by atoms with E-state index in [1.807, 2.05) is 30.3 Å². The lowest BCUT2D eigenvalue weighted by molar-refractivity contribution is -0.147. The number of carbonyl (C=O) groups is 4. The second-order valence-corrected chi connectivity index (χ2v) is 10.4. The number of nitrogens with zero attached hydrogens (tertiary/aromatic N) is 2. The predicted octanol–water partition coefficient (Wildman–Crippen LogP) is 1.97. The molecule has 0 saturated carbocycles. The lowest BCUT2D eigenvalue weighted by atomic mass is 10.0. The molecule has 3 aliphatic heterocycles. The fourth-order valence-electron chi connectivity index (χ4n) is 5.89. The van der Waals surface area contributed by atoms with Crippen LogP contribution in [0, 0.1) is 5.82 Å². The molecular formula is C29H33FN4O4. The van der Waals surface area contributed by atoms with Crippen LogP contribution in [0.4, 0.5) is 4.39 Å². The molecular weight excluding hydrogens is 487 g/mol. The van der Waals surface area contributed by atoms with Gasteiger partial charge >= 0.3 is 0 Å². The van der Waals surface area contributed by atoms with Crippen LogP contribution in [-0.2, 0) is 32.0 Å². The third-order valence-corrected chi connectivity index (χ3v) is 7.75. The summed E-state index contributed by atoms with van der Waals surface area (Å²) in [7, 11) is 0. The van der Waals surface area contributed by atoms with Crippen LogP contribution in [0.5, 0.6) is 0 Å². The molecule has 8 nitrogen and oxygen atoms in total. The Kier molecular flexibility index (Phi) is 7.72. The van der Waals surface area contributed by atoms with Gasteiger partial charge in [0.25, 0.3) is 0 Å². The zero-order valence-corrected chi connectivity index (χ0v) is 21.3. The fourth-order valence-corrected chi connectivity index (χ4v) is 5.89. The SMILES string of the molecule is O=C1CC(Cc2ccccc2)NC(=O)C2CCCN2C(=O)C2CCCN2C(=O)C(Cc2ccc(F)cc2)N1. The maximum absolute atomic E-state index is 13.8. The zero-order chi connectivity index (χ0) is 26.6. The fraction of sp³-hybridized carbons (Fsp3) is 0.448.